The van der Waals surface area contributed by atoms with Gasteiger partial charge in [-0.15, -0.1) is 5.06 Å². The highest BCUT2D eigenvalue weighted by Crippen LogP contribution is 2.47. The maximum Gasteiger partial charge on any atom is 0.442 e. The predicted octanol–water partition coefficient (Wildman–Crippen LogP) is 4.22. The number of nitrogens with zero attached hydrogens (tertiary/aromatic N) is 2. The number of amides is 1. The number of halogens is 3. The summed E-state index contributed by atoms with van der Waals surface area (Å²) in [5, 5.41) is 0.841. The van der Waals surface area contributed by atoms with E-state index in [9.17, 15) is 27.6 Å². The molecule has 1 amide bonds. The minimum Gasteiger partial charge on any atom is -0.435 e. The van der Waals surface area contributed by atoms with E-state index in [0.717, 1.165) is 16.7 Å². The van der Waals surface area contributed by atoms with Crippen molar-refractivity contribution in [3.8, 4) is 0 Å². The Morgan fingerprint density at radius 2 is 1.78 bits per heavy atom. The summed E-state index contributed by atoms with van der Waals surface area (Å²) >= 11 is 0. The molecule has 2 aromatic carbocycles. The first-order valence-corrected chi connectivity index (χ1v) is 11.7. The number of carbonyl (C=O) groups is 3. The zero-order chi connectivity index (χ0) is 25.5. The van der Waals surface area contributed by atoms with Crippen molar-refractivity contribution in [3.63, 3.8) is 0 Å². The lowest BCUT2D eigenvalue weighted by atomic mass is 9.89. The smallest absolute Gasteiger partial charge is 0.435 e. The van der Waals surface area contributed by atoms with E-state index >= 15 is 0 Å². The Hall–Kier alpha value is -3.66. The number of fused-ring (bicyclic) bond motifs is 5. The van der Waals surface area contributed by atoms with Gasteiger partial charge < -0.3 is 9.57 Å². The lowest BCUT2D eigenvalue weighted by Crippen LogP contribution is -2.40. The van der Waals surface area contributed by atoms with Crippen LogP contribution in [0.4, 0.5) is 18.9 Å². The normalized spacial score (nSPS) is 22.0. The second kappa shape index (κ2) is 9.09. The predicted molar refractivity (Wildman–Crippen MR) is 122 cm³/mol. The minimum atomic E-state index is -4.37. The van der Waals surface area contributed by atoms with E-state index in [1.807, 2.05) is 6.08 Å². The second-order valence-electron chi connectivity index (χ2n) is 9.03. The third-order valence-corrected chi connectivity index (χ3v) is 6.80. The lowest BCUT2D eigenvalue weighted by molar-refractivity contribution is -0.174. The average Bonchev–Trinajstić information content (AvgIpc) is 3.03. The number of hydroxylamine groups is 1. The van der Waals surface area contributed by atoms with Gasteiger partial charge in [0.1, 0.15) is 0 Å². The minimum absolute atomic E-state index is 0.195. The van der Waals surface area contributed by atoms with Gasteiger partial charge in [-0.1, -0.05) is 36.4 Å². The van der Waals surface area contributed by atoms with Crippen molar-refractivity contribution < 1.29 is 37.1 Å². The van der Waals surface area contributed by atoms with Crippen molar-refractivity contribution in [2.24, 2.45) is 0 Å². The van der Waals surface area contributed by atoms with Crippen LogP contribution in [-0.4, -0.2) is 42.4 Å². The second-order valence-corrected chi connectivity index (χ2v) is 9.03. The van der Waals surface area contributed by atoms with Crippen molar-refractivity contribution >= 4 is 29.1 Å². The van der Waals surface area contributed by atoms with Crippen LogP contribution >= 0.6 is 0 Å². The quantitative estimate of drug-likeness (QED) is 0.336. The molecule has 1 unspecified atom stereocenters. The van der Waals surface area contributed by atoms with Crippen molar-refractivity contribution in [2.75, 3.05) is 24.7 Å². The summed E-state index contributed by atoms with van der Waals surface area (Å²) in [6, 6.07) is 12.1. The van der Waals surface area contributed by atoms with E-state index < -0.39 is 35.2 Å². The Balaban J connectivity index is 1.21. The Kier molecular flexibility index (Phi) is 6.07. The van der Waals surface area contributed by atoms with Crippen molar-refractivity contribution in [2.45, 2.75) is 37.5 Å². The van der Waals surface area contributed by atoms with E-state index in [2.05, 4.69) is 4.90 Å². The van der Waals surface area contributed by atoms with Crippen LogP contribution in [0.15, 0.2) is 54.6 Å². The molecule has 3 aliphatic heterocycles. The number of esters is 1. The molecule has 0 spiro atoms. The molecule has 2 bridgehead atoms. The highest BCUT2D eigenvalue weighted by Gasteiger charge is 2.58. The molecule has 5 rings (SSSR count). The summed E-state index contributed by atoms with van der Waals surface area (Å²) in [6.07, 6.45) is -0.376. The molecule has 0 aliphatic carbocycles. The molecule has 1 atom stereocenters. The fraction of sp³-hybridized carbons (Fsp3) is 0.346. The molecule has 7 nitrogen and oxygen atoms in total. The molecular weight excluding hydrogens is 477 g/mol. The number of hydrogen-bond donors (Lipinski definition) is 0. The molecule has 188 valence electrons. The Labute approximate surface area is 205 Å². The number of alkyl halides is 3. The highest BCUT2D eigenvalue weighted by atomic mass is 19.4. The van der Waals surface area contributed by atoms with Crippen LogP contribution in [-0.2, 0) is 35.7 Å². The van der Waals surface area contributed by atoms with E-state index in [-0.39, 0.29) is 6.42 Å². The van der Waals surface area contributed by atoms with Gasteiger partial charge in [-0.3, -0.25) is 9.69 Å². The lowest BCUT2D eigenvalue weighted by Gasteiger charge is -2.28. The number of benzene rings is 2. The number of anilines is 1. The Morgan fingerprint density at radius 3 is 2.53 bits per heavy atom. The van der Waals surface area contributed by atoms with Crippen LogP contribution in [0, 0.1) is 0 Å². The van der Waals surface area contributed by atoms with Gasteiger partial charge in [0.2, 0.25) is 5.60 Å². The summed E-state index contributed by atoms with van der Waals surface area (Å²) in [5.74, 6) is -3.05. The zero-order valence-corrected chi connectivity index (χ0v) is 19.2. The fourth-order valence-corrected chi connectivity index (χ4v) is 4.96. The topological polar surface area (TPSA) is 76.2 Å². The van der Waals surface area contributed by atoms with Crippen LogP contribution in [0.3, 0.4) is 0 Å². The average molecular weight is 500 g/mol. The highest BCUT2D eigenvalue weighted by molar-refractivity contribution is 6.32. The standard InChI is InChI=1S/C26H23F3N2O5/c27-26(28,29)19-7-5-6-18(16-19)17-10-14-30(15-11-17)13-4-3-12-25-20-8-1-2-9-21(20)31(24(25)34)36-23(33)22(32)35-25/h1-2,5-10,16H,3-4,11-15H2. The summed E-state index contributed by atoms with van der Waals surface area (Å²) in [5.41, 5.74) is 0.0842. The fourth-order valence-electron chi connectivity index (χ4n) is 4.96. The van der Waals surface area contributed by atoms with Crippen molar-refractivity contribution in [3.05, 3.63) is 71.3 Å². The summed E-state index contributed by atoms with van der Waals surface area (Å²) < 4.78 is 44.5. The SMILES string of the molecule is O=C1ON2C(=O)C(CCCCN3CC=C(c4cccc(C(F)(F)F)c4)CC3)(OC1=O)c1ccccc12. The molecule has 0 saturated carbocycles. The van der Waals surface area contributed by atoms with E-state index in [1.165, 1.54) is 12.1 Å². The molecule has 10 heteroatoms. The number of unbranched alkanes of at least 4 members (excludes halogenated alkanes) is 1. The van der Waals surface area contributed by atoms with Gasteiger partial charge in [0, 0.05) is 25.1 Å². The first-order valence-electron chi connectivity index (χ1n) is 11.7. The van der Waals surface area contributed by atoms with E-state index in [1.54, 1.807) is 30.3 Å². The molecule has 1 saturated heterocycles. The van der Waals surface area contributed by atoms with Crippen LogP contribution < -0.4 is 5.06 Å². The summed E-state index contributed by atoms with van der Waals surface area (Å²) in [4.78, 5) is 44.2. The third kappa shape index (κ3) is 4.26. The molecular formula is C26H23F3N2O5. The molecule has 3 aliphatic rings. The van der Waals surface area contributed by atoms with Gasteiger partial charge in [0.15, 0.2) is 0 Å². The third-order valence-electron chi connectivity index (χ3n) is 6.80. The molecule has 36 heavy (non-hydrogen) atoms. The number of hydrogen-bond acceptors (Lipinski definition) is 6. The van der Waals surface area contributed by atoms with Crippen LogP contribution in [0.25, 0.3) is 5.57 Å². The largest absolute Gasteiger partial charge is 0.442 e. The maximum atomic E-state index is 13.1. The summed E-state index contributed by atoms with van der Waals surface area (Å²) in [6.45, 7) is 2.00. The Morgan fingerprint density at radius 1 is 0.972 bits per heavy atom. The molecule has 2 aromatic rings. The molecule has 0 radical (unpaired) electrons. The van der Waals surface area contributed by atoms with E-state index in [4.69, 9.17) is 9.57 Å². The van der Waals surface area contributed by atoms with Crippen molar-refractivity contribution in [1.29, 1.82) is 0 Å². The van der Waals surface area contributed by atoms with Gasteiger partial charge in [0.25, 0.3) is 0 Å². The summed E-state index contributed by atoms with van der Waals surface area (Å²) in [7, 11) is 0. The zero-order valence-electron chi connectivity index (χ0n) is 19.2. The first-order chi connectivity index (χ1) is 17.2. The Bertz CT molecular complexity index is 1260. The maximum absolute atomic E-state index is 13.1. The number of carbonyl (C=O) groups excluding carboxylic acids is 3. The van der Waals surface area contributed by atoms with Crippen LogP contribution in [0.1, 0.15) is 42.4 Å². The van der Waals surface area contributed by atoms with Gasteiger partial charge in [0.05, 0.1) is 11.3 Å². The molecule has 3 heterocycles. The van der Waals surface area contributed by atoms with Crippen molar-refractivity contribution in [1.82, 2.24) is 4.90 Å². The van der Waals surface area contributed by atoms with Gasteiger partial charge in [-0.25, -0.2) is 9.59 Å². The number of para-hydroxylation sites is 1. The van der Waals surface area contributed by atoms with Crippen LogP contribution in [0.2, 0.25) is 0 Å². The molecule has 1 fully saturated rings. The monoisotopic (exact) mass is 500 g/mol. The van der Waals surface area contributed by atoms with Crippen LogP contribution in [0.5, 0.6) is 0 Å². The van der Waals surface area contributed by atoms with Gasteiger partial charge in [-0.05, 0) is 55.1 Å². The molecule has 0 aromatic heterocycles. The number of rotatable bonds is 6. The molecule has 0 N–H and O–H groups in total. The first kappa shape index (κ1) is 24.1. The van der Waals surface area contributed by atoms with E-state index in [0.29, 0.717) is 55.7 Å². The van der Waals surface area contributed by atoms with Gasteiger partial charge in [-0.2, -0.15) is 13.2 Å². The number of ether oxygens (including phenoxy) is 1. The van der Waals surface area contributed by atoms with Gasteiger partial charge >= 0.3 is 24.0 Å².